The summed E-state index contributed by atoms with van der Waals surface area (Å²) in [6.07, 6.45) is 2.79. The third-order valence-corrected chi connectivity index (χ3v) is 5.97. The van der Waals surface area contributed by atoms with Crippen LogP contribution in [0.2, 0.25) is 0 Å². The Kier molecular flexibility index (Phi) is 4.27. The topological polar surface area (TPSA) is 24.9 Å². The smallest absolute Gasteiger partial charge is 0.0917 e. The van der Waals surface area contributed by atoms with Gasteiger partial charge in [-0.25, -0.2) is 0 Å². The van der Waals surface area contributed by atoms with Crippen molar-refractivity contribution in [2.24, 2.45) is 0 Å². The van der Waals surface area contributed by atoms with E-state index in [-0.39, 0.29) is 0 Å². The minimum absolute atomic E-state index is 0.376. The molecular weight excluding hydrogens is 284 g/mol. The molecule has 0 saturated carbocycles. The average Bonchev–Trinajstić information content (AvgIpc) is 3.14. The van der Waals surface area contributed by atoms with Gasteiger partial charge in [-0.15, -0.1) is 11.3 Å². The van der Waals surface area contributed by atoms with Crippen molar-refractivity contribution < 1.29 is 9.47 Å². The Morgan fingerprint density at radius 1 is 1.14 bits per heavy atom. The summed E-state index contributed by atoms with van der Waals surface area (Å²) >= 11 is 1.94. The molecule has 116 valence electrons. The SMILES string of the molecule is c1cc(C2CCCO2)sc1CN1CC(N2CCOCC2)C1. The Morgan fingerprint density at radius 2 is 2.00 bits per heavy atom. The van der Waals surface area contributed by atoms with Crippen molar-refractivity contribution in [1.82, 2.24) is 9.80 Å². The fraction of sp³-hybridized carbons (Fsp3) is 0.750. The van der Waals surface area contributed by atoms with E-state index in [1.54, 1.807) is 0 Å². The first-order valence-corrected chi connectivity index (χ1v) is 8.94. The molecule has 0 aromatic carbocycles. The van der Waals surface area contributed by atoms with Gasteiger partial charge >= 0.3 is 0 Å². The molecule has 3 fully saturated rings. The number of thiophene rings is 1. The molecule has 1 aromatic rings. The standard InChI is InChI=1S/C16H24N2O2S/c1-2-15(20-7-1)16-4-3-14(21-16)12-17-10-13(11-17)18-5-8-19-9-6-18/h3-4,13,15H,1-2,5-12H2. The first-order chi connectivity index (χ1) is 10.4. The van der Waals surface area contributed by atoms with Crippen molar-refractivity contribution in [1.29, 1.82) is 0 Å². The van der Waals surface area contributed by atoms with E-state index in [4.69, 9.17) is 9.47 Å². The van der Waals surface area contributed by atoms with E-state index in [1.165, 1.54) is 35.7 Å². The predicted octanol–water partition coefficient (Wildman–Crippen LogP) is 2.12. The molecule has 21 heavy (non-hydrogen) atoms. The third kappa shape index (κ3) is 3.17. The molecular formula is C16H24N2O2S. The number of hydrogen-bond donors (Lipinski definition) is 0. The highest BCUT2D eigenvalue weighted by atomic mass is 32.1. The van der Waals surface area contributed by atoms with Gasteiger partial charge in [0.1, 0.15) is 0 Å². The molecule has 3 saturated heterocycles. The minimum Gasteiger partial charge on any atom is -0.379 e. The molecule has 4 nitrogen and oxygen atoms in total. The second-order valence-electron chi connectivity index (χ2n) is 6.30. The maximum absolute atomic E-state index is 5.77. The molecule has 0 radical (unpaired) electrons. The second kappa shape index (κ2) is 6.34. The van der Waals surface area contributed by atoms with Gasteiger partial charge in [0.05, 0.1) is 19.3 Å². The molecule has 0 N–H and O–H groups in total. The molecule has 5 heteroatoms. The van der Waals surface area contributed by atoms with E-state index in [2.05, 4.69) is 21.9 Å². The molecule has 3 aliphatic rings. The zero-order chi connectivity index (χ0) is 14.1. The maximum atomic E-state index is 5.77. The molecule has 0 amide bonds. The Labute approximate surface area is 130 Å². The number of likely N-dealkylation sites (tertiary alicyclic amines) is 1. The van der Waals surface area contributed by atoms with Crippen LogP contribution in [-0.4, -0.2) is 61.8 Å². The number of morpholine rings is 1. The monoisotopic (exact) mass is 308 g/mol. The first kappa shape index (κ1) is 14.2. The van der Waals surface area contributed by atoms with Gasteiger partial charge in [0.25, 0.3) is 0 Å². The van der Waals surface area contributed by atoms with Crippen LogP contribution in [0.3, 0.4) is 0 Å². The third-order valence-electron chi connectivity index (χ3n) is 4.81. The van der Waals surface area contributed by atoms with E-state index >= 15 is 0 Å². The minimum atomic E-state index is 0.376. The predicted molar refractivity (Wildman–Crippen MR) is 83.7 cm³/mol. The van der Waals surface area contributed by atoms with Crippen molar-refractivity contribution in [2.75, 3.05) is 46.0 Å². The van der Waals surface area contributed by atoms with E-state index in [9.17, 15) is 0 Å². The summed E-state index contributed by atoms with van der Waals surface area (Å²) in [6.45, 7) is 8.52. The highest BCUT2D eigenvalue weighted by Crippen LogP contribution is 2.34. The highest BCUT2D eigenvalue weighted by Gasteiger charge is 2.32. The molecule has 3 aliphatic heterocycles. The molecule has 4 heterocycles. The Balaban J connectivity index is 1.26. The van der Waals surface area contributed by atoms with Gasteiger partial charge in [-0.1, -0.05) is 0 Å². The molecule has 1 unspecified atom stereocenters. The summed E-state index contributed by atoms with van der Waals surface area (Å²) in [5.74, 6) is 0. The van der Waals surface area contributed by atoms with E-state index in [0.717, 1.165) is 45.5 Å². The lowest BCUT2D eigenvalue weighted by Gasteiger charge is -2.46. The summed E-state index contributed by atoms with van der Waals surface area (Å²) in [4.78, 5) is 8.06. The van der Waals surface area contributed by atoms with Crippen molar-refractivity contribution >= 4 is 11.3 Å². The van der Waals surface area contributed by atoms with Gasteiger partial charge in [-0.2, -0.15) is 0 Å². The summed E-state index contributed by atoms with van der Waals surface area (Å²) in [5.41, 5.74) is 0. The van der Waals surface area contributed by atoms with Gasteiger partial charge in [-0.3, -0.25) is 9.80 Å². The van der Waals surface area contributed by atoms with Crippen molar-refractivity contribution in [3.8, 4) is 0 Å². The lowest BCUT2D eigenvalue weighted by atomic mass is 10.1. The maximum Gasteiger partial charge on any atom is 0.0917 e. The lowest BCUT2D eigenvalue weighted by molar-refractivity contribution is -0.0341. The molecule has 1 aromatic heterocycles. The second-order valence-corrected chi connectivity index (χ2v) is 7.50. The summed E-state index contributed by atoms with van der Waals surface area (Å²) in [6, 6.07) is 5.32. The van der Waals surface area contributed by atoms with Gasteiger partial charge < -0.3 is 9.47 Å². The Hall–Kier alpha value is -0.460. The largest absolute Gasteiger partial charge is 0.379 e. The van der Waals surface area contributed by atoms with Gasteiger partial charge in [0.15, 0.2) is 0 Å². The molecule has 0 bridgehead atoms. The Morgan fingerprint density at radius 3 is 2.76 bits per heavy atom. The van der Waals surface area contributed by atoms with Crippen LogP contribution in [0.25, 0.3) is 0 Å². The fourth-order valence-corrected chi connectivity index (χ4v) is 4.66. The number of nitrogens with zero attached hydrogens (tertiary/aromatic N) is 2. The highest BCUT2D eigenvalue weighted by molar-refractivity contribution is 7.12. The van der Waals surface area contributed by atoms with E-state index < -0.39 is 0 Å². The van der Waals surface area contributed by atoms with Crippen molar-refractivity contribution in [3.05, 3.63) is 21.9 Å². The van der Waals surface area contributed by atoms with Crippen LogP contribution in [-0.2, 0) is 16.0 Å². The quantitative estimate of drug-likeness (QED) is 0.850. The zero-order valence-corrected chi connectivity index (χ0v) is 13.3. The molecule has 0 spiro atoms. The van der Waals surface area contributed by atoms with Crippen LogP contribution >= 0.6 is 11.3 Å². The number of rotatable bonds is 4. The lowest BCUT2D eigenvalue weighted by Crippen LogP contribution is -2.60. The van der Waals surface area contributed by atoms with Crippen LogP contribution in [0, 0.1) is 0 Å². The fourth-order valence-electron chi connectivity index (χ4n) is 3.52. The van der Waals surface area contributed by atoms with Crippen LogP contribution in [0.15, 0.2) is 12.1 Å². The summed E-state index contributed by atoms with van der Waals surface area (Å²) in [5, 5.41) is 0. The molecule has 1 atom stereocenters. The van der Waals surface area contributed by atoms with Gasteiger partial charge in [-0.05, 0) is 25.0 Å². The summed E-state index contributed by atoms with van der Waals surface area (Å²) in [7, 11) is 0. The van der Waals surface area contributed by atoms with Crippen LogP contribution in [0.5, 0.6) is 0 Å². The van der Waals surface area contributed by atoms with Crippen LogP contribution < -0.4 is 0 Å². The number of ether oxygens (including phenoxy) is 2. The van der Waals surface area contributed by atoms with Crippen LogP contribution in [0.1, 0.15) is 28.7 Å². The van der Waals surface area contributed by atoms with Gasteiger partial charge in [0.2, 0.25) is 0 Å². The van der Waals surface area contributed by atoms with E-state index in [1.807, 2.05) is 11.3 Å². The molecule has 4 rings (SSSR count). The molecule has 0 aliphatic carbocycles. The van der Waals surface area contributed by atoms with E-state index in [0.29, 0.717) is 6.10 Å². The van der Waals surface area contributed by atoms with Crippen molar-refractivity contribution in [2.45, 2.75) is 31.5 Å². The first-order valence-electron chi connectivity index (χ1n) is 8.13. The van der Waals surface area contributed by atoms with Crippen LogP contribution in [0.4, 0.5) is 0 Å². The van der Waals surface area contributed by atoms with Crippen molar-refractivity contribution in [3.63, 3.8) is 0 Å². The Bertz CT molecular complexity index is 461. The van der Waals surface area contributed by atoms with Gasteiger partial charge in [0, 0.05) is 55.1 Å². The number of hydrogen-bond acceptors (Lipinski definition) is 5. The average molecular weight is 308 g/mol. The normalized spacial score (nSPS) is 28.9. The zero-order valence-electron chi connectivity index (χ0n) is 12.5. The summed E-state index contributed by atoms with van der Waals surface area (Å²) < 4.78 is 11.2.